The number of nitrogens with zero attached hydrogens (tertiary/aromatic N) is 1. The number of carbonyl (C=O) groups is 1. The molecule has 2 saturated heterocycles. The van der Waals surface area contributed by atoms with E-state index in [9.17, 15) is 9.90 Å². The Bertz CT molecular complexity index is 1260. The van der Waals surface area contributed by atoms with Crippen LogP contribution in [0.25, 0.3) is 0 Å². The molecule has 1 unspecified atom stereocenters. The van der Waals surface area contributed by atoms with Crippen LogP contribution in [0.4, 0.5) is 10.1 Å². The van der Waals surface area contributed by atoms with Gasteiger partial charge in [-0.1, -0.05) is 42.5 Å². The minimum Gasteiger partial charge on any atom is -0.508 e. The molecule has 36 heavy (non-hydrogen) atoms. The first-order valence-corrected chi connectivity index (χ1v) is 12.7. The summed E-state index contributed by atoms with van der Waals surface area (Å²) in [5.41, 5.74) is 3.34. The molecule has 0 amide bonds. The van der Waals surface area contributed by atoms with Crippen molar-refractivity contribution in [3.8, 4) is 11.5 Å². The van der Waals surface area contributed by atoms with Gasteiger partial charge in [-0.15, -0.1) is 0 Å². The van der Waals surface area contributed by atoms with E-state index in [4.69, 9.17) is 9.47 Å². The normalized spacial score (nSPS) is 24.8. The average Bonchev–Trinajstić information content (AvgIpc) is 3.31. The number of aldehydes is 1. The van der Waals surface area contributed by atoms with Crippen LogP contribution in [0.3, 0.4) is 0 Å². The van der Waals surface area contributed by atoms with Gasteiger partial charge in [-0.05, 0) is 48.6 Å². The molecule has 3 aromatic rings. The fourth-order valence-corrected chi connectivity index (χ4v) is 6.24. The van der Waals surface area contributed by atoms with Gasteiger partial charge in [0.2, 0.25) is 0 Å². The van der Waals surface area contributed by atoms with Gasteiger partial charge in [0, 0.05) is 42.5 Å². The van der Waals surface area contributed by atoms with Crippen LogP contribution >= 0.6 is 0 Å². The molecule has 0 radical (unpaired) electrons. The fraction of sp³-hybridized carbons (Fsp3) is 0.367. The lowest BCUT2D eigenvalue weighted by Gasteiger charge is -2.40. The highest BCUT2D eigenvalue weighted by molar-refractivity contribution is 5.56. The Morgan fingerprint density at radius 1 is 0.972 bits per heavy atom. The van der Waals surface area contributed by atoms with Crippen LogP contribution in [-0.2, 0) is 9.53 Å². The van der Waals surface area contributed by atoms with Crippen LogP contribution in [0, 0.1) is 11.7 Å². The zero-order valence-corrected chi connectivity index (χ0v) is 20.1. The van der Waals surface area contributed by atoms with E-state index in [1.165, 1.54) is 0 Å². The van der Waals surface area contributed by atoms with Gasteiger partial charge in [0.25, 0.3) is 0 Å². The van der Waals surface area contributed by atoms with E-state index in [2.05, 4.69) is 17.0 Å². The van der Waals surface area contributed by atoms with Crippen molar-refractivity contribution < 1.29 is 23.8 Å². The summed E-state index contributed by atoms with van der Waals surface area (Å²) in [6, 6.07) is 20.9. The standard InChI is InChI=1S/C30H30FNO4/c31-26-14-22(6-9-27(26)32-12-10-30(11-13-32)16-20(17-33)18-36-30)29-24-8-7-23(34)15-28(24)35-19-25(29)21-4-2-1-3-5-21/h1-9,14-15,17,20,25,29,34H,10-13,16,18-19H2/t20?,25-,29-/m1/s1. The Balaban J connectivity index is 1.29. The first-order valence-electron chi connectivity index (χ1n) is 12.7. The molecule has 0 aromatic heterocycles. The van der Waals surface area contributed by atoms with Gasteiger partial charge in [0.15, 0.2) is 0 Å². The molecule has 3 aliphatic heterocycles. The number of phenolic OH excluding ortho intramolecular Hbond substituents is 1. The molecule has 186 valence electrons. The average molecular weight is 488 g/mol. The molecule has 1 spiro atoms. The monoisotopic (exact) mass is 487 g/mol. The van der Waals surface area contributed by atoms with Gasteiger partial charge < -0.3 is 24.3 Å². The van der Waals surface area contributed by atoms with Crippen LogP contribution in [0.2, 0.25) is 0 Å². The highest BCUT2D eigenvalue weighted by Gasteiger charge is 2.43. The summed E-state index contributed by atoms with van der Waals surface area (Å²) in [4.78, 5) is 13.3. The number of aromatic hydroxyl groups is 1. The second-order valence-corrected chi connectivity index (χ2v) is 10.3. The number of halogens is 1. The molecule has 2 fully saturated rings. The molecule has 6 heteroatoms. The Labute approximate surface area is 210 Å². The van der Waals surface area contributed by atoms with Crippen LogP contribution in [0.5, 0.6) is 11.5 Å². The summed E-state index contributed by atoms with van der Waals surface area (Å²) in [5, 5.41) is 9.99. The van der Waals surface area contributed by atoms with Crippen LogP contribution in [-0.4, -0.2) is 43.3 Å². The second kappa shape index (κ2) is 9.25. The minimum atomic E-state index is -0.237. The maximum Gasteiger partial charge on any atom is 0.146 e. The van der Waals surface area contributed by atoms with Crippen LogP contribution in [0.1, 0.15) is 47.8 Å². The van der Waals surface area contributed by atoms with Crippen molar-refractivity contribution in [1.82, 2.24) is 0 Å². The number of anilines is 1. The second-order valence-electron chi connectivity index (χ2n) is 10.3. The molecule has 3 atom stereocenters. The van der Waals surface area contributed by atoms with Gasteiger partial charge in [-0.3, -0.25) is 0 Å². The first-order chi connectivity index (χ1) is 17.5. The molecule has 5 nitrogen and oxygen atoms in total. The zero-order valence-electron chi connectivity index (χ0n) is 20.1. The largest absolute Gasteiger partial charge is 0.508 e. The van der Waals surface area contributed by atoms with E-state index in [1.54, 1.807) is 18.2 Å². The SMILES string of the molecule is O=CC1COC2(CCN(c3ccc([C@@H]4c5ccc(O)cc5OC[C@@H]4c4ccccc4)cc3F)CC2)C1. The highest BCUT2D eigenvalue weighted by atomic mass is 19.1. The number of carbonyl (C=O) groups excluding carboxylic acids is 1. The zero-order chi connectivity index (χ0) is 24.7. The van der Waals surface area contributed by atoms with E-state index >= 15 is 4.39 Å². The highest BCUT2D eigenvalue weighted by Crippen LogP contribution is 2.47. The van der Waals surface area contributed by atoms with Gasteiger partial charge in [0.05, 0.1) is 24.5 Å². The van der Waals surface area contributed by atoms with Crippen molar-refractivity contribution in [1.29, 1.82) is 0 Å². The number of phenols is 1. The molecule has 3 aliphatic rings. The molecular formula is C30H30FNO4. The molecule has 0 aliphatic carbocycles. The van der Waals surface area contributed by atoms with Crippen molar-refractivity contribution in [2.75, 3.05) is 31.2 Å². The van der Waals surface area contributed by atoms with Crippen LogP contribution in [0.15, 0.2) is 66.7 Å². The quantitative estimate of drug-likeness (QED) is 0.499. The number of fused-ring (bicyclic) bond motifs is 1. The van der Waals surface area contributed by atoms with Crippen molar-refractivity contribution in [2.45, 2.75) is 36.7 Å². The van der Waals surface area contributed by atoms with Crippen molar-refractivity contribution in [2.24, 2.45) is 5.92 Å². The lowest BCUT2D eigenvalue weighted by molar-refractivity contribution is -0.111. The number of piperidine rings is 1. The summed E-state index contributed by atoms with van der Waals surface area (Å²) < 4.78 is 27.7. The molecule has 6 rings (SSSR count). The Kier molecular flexibility index (Phi) is 5.92. The van der Waals surface area contributed by atoms with Gasteiger partial charge >= 0.3 is 0 Å². The maximum atomic E-state index is 15.7. The Morgan fingerprint density at radius 2 is 1.78 bits per heavy atom. The predicted molar refractivity (Wildman–Crippen MR) is 135 cm³/mol. The summed E-state index contributed by atoms with van der Waals surface area (Å²) in [6.07, 6.45) is 3.36. The fourth-order valence-electron chi connectivity index (χ4n) is 6.24. The third kappa shape index (κ3) is 4.13. The van der Waals surface area contributed by atoms with Gasteiger partial charge in [0.1, 0.15) is 23.6 Å². The first kappa shape index (κ1) is 23.0. The van der Waals surface area contributed by atoms with E-state index in [0.29, 0.717) is 37.7 Å². The lowest BCUT2D eigenvalue weighted by atomic mass is 9.76. The lowest BCUT2D eigenvalue weighted by Crippen LogP contribution is -2.44. The van der Waals surface area contributed by atoms with Crippen LogP contribution < -0.4 is 9.64 Å². The summed E-state index contributed by atoms with van der Waals surface area (Å²) in [6.45, 7) is 2.35. The third-order valence-corrected chi connectivity index (χ3v) is 8.16. The number of rotatable bonds is 4. The summed E-state index contributed by atoms with van der Waals surface area (Å²) in [5.74, 6) is 0.462. The maximum absolute atomic E-state index is 15.7. The number of hydrogen-bond donors (Lipinski definition) is 1. The van der Waals surface area contributed by atoms with E-state index in [1.807, 2.05) is 36.4 Å². The number of ether oxygens (including phenoxy) is 2. The summed E-state index contributed by atoms with van der Waals surface area (Å²) in [7, 11) is 0. The predicted octanol–water partition coefficient (Wildman–Crippen LogP) is 5.41. The minimum absolute atomic E-state index is 0.0191. The van der Waals surface area contributed by atoms with Gasteiger partial charge in [-0.2, -0.15) is 0 Å². The van der Waals surface area contributed by atoms with E-state index in [0.717, 1.165) is 42.2 Å². The molecule has 3 aromatic carbocycles. The third-order valence-electron chi connectivity index (χ3n) is 8.16. The molecule has 3 heterocycles. The summed E-state index contributed by atoms with van der Waals surface area (Å²) >= 11 is 0. The topological polar surface area (TPSA) is 59.0 Å². The van der Waals surface area contributed by atoms with E-state index < -0.39 is 0 Å². The van der Waals surface area contributed by atoms with Crippen molar-refractivity contribution in [3.05, 3.63) is 89.2 Å². The van der Waals surface area contributed by atoms with Gasteiger partial charge in [-0.25, -0.2) is 4.39 Å². The smallest absolute Gasteiger partial charge is 0.146 e. The molecule has 0 bridgehead atoms. The number of benzene rings is 3. The molecule has 1 N–H and O–H groups in total. The van der Waals surface area contributed by atoms with E-state index in [-0.39, 0.29) is 34.9 Å². The molecule has 0 saturated carbocycles. The molecular weight excluding hydrogens is 457 g/mol. The van der Waals surface area contributed by atoms with Crippen molar-refractivity contribution in [3.63, 3.8) is 0 Å². The Hall–Kier alpha value is -3.38. The Morgan fingerprint density at radius 3 is 2.50 bits per heavy atom. The van der Waals surface area contributed by atoms with Crippen molar-refractivity contribution >= 4 is 12.0 Å². The number of hydrogen-bond acceptors (Lipinski definition) is 5.